The number of hydrazine groups is 1. The molecule has 0 spiro atoms. The molecule has 2 aromatic carbocycles. The van der Waals surface area contributed by atoms with Crippen LogP contribution in [0.4, 0.5) is 5.69 Å². The van der Waals surface area contributed by atoms with Gasteiger partial charge in [-0.25, -0.2) is 0 Å². The Morgan fingerprint density at radius 2 is 1.68 bits per heavy atom. The number of nitrogens with one attached hydrogen (secondary N) is 1. The molecule has 1 unspecified atom stereocenters. The molecule has 0 bridgehead atoms. The van der Waals surface area contributed by atoms with E-state index in [0.717, 1.165) is 17.1 Å². The number of hydrogen-bond donors (Lipinski definition) is 2. The van der Waals surface area contributed by atoms with E-state index in [1.165, 1.54) is 4.91 Å². The Balaban J connectivity index is 0.00000182. The van der Waals surface area contributed by atoms with E-state index >= 15 is 0 Å². The summed E-state index contributed by atoms with van der Waals surface area (Å²) in [6, 6.07) is 20.6. The zero-order valence-electron chi connectivity index (χ0n) is 14.1. The van der Waals surface area contributed by atoms with Gasteiger partial charge in [-0.1, -0.05) is 53.3 Å². The molecule has 2 heterocycles. The lowest BCUT2D eigenvalue weighted by Crippen LogP contribution is -3.00. The summed E-state index contributed by atoms with van der Waals surface area (Å²) in [6.45, 7) is 4.25. The van der Waals surface area contributed by atoms with E-state index in [2.05, 4.69) is 54.0 Å². The zero-order valence-corrected chi connectivity index (χ0v) is 16.5. The highest BCUT2D eigenvalue weighted by atomic mass is 79.9. The highest BCUT2D eigenvalue weighted by Crippen LogP contribution is 2.39. The molecular weight excluding hydrogens is 398 g/mol. The number of quaternary nitrogens is 1. The van der Waals surface area contributed by atoms with E-state index in [0.29, 0.717) is 0 Å². The molecule has 0 saturated heterocycles. The molecule has 4 rings (SSSR count). The molecule has 3 N–H and O–H groups in total. The minimum atomic E-state index is -0.354. The van der Waals surface area contributed by atoms with Gasteiger partial charge >= 0.3 is 0 Å². The maximum absolute atomic E-state index is 4.91. The Bertz CT molecular complexity index is 796. The molecule has 0 saturated carbocycles. The number of hydrazone groups is 1. The van der Waals surface area contributed by atoms with Gasteiger partial charge < -0.3 is 22.3 Å². The summed E-state index contributed by atoms with van der Waals surface area (Å²) in [5, 5.41) is 12.5. The van der Waals surface area contributed by atoms with Crippen LogP contribution in [0.15, 0.2) is 76.9 Å². The summed E-state index contributed by atoms with van der Waals surface area (Å²) < 4.78 is 0. The van der Waals surface area contributed by atoms with Gasteiger partial charge in [0, 0.05) is 11.1 Å². The lowest BCUT2D eigenvalue weighted by Gasteiger charge is -2.36. The third kappa shape index (κ3) is 3.40. The second-order valence-electron chi connectivity index (χ2n) is 5.93. The third-order valence-corrected chi connectivity index (χ3v) is 5.14. The predicted molar refractivity (Wildman–Crippen MR) is 98.6 cm³/mol. The number of halogens is 1. The largest absolute Gasteiger partial charge is 1.00 e. The van der Waals surface area contributed by atoms with Gasteiger partial charge in [-0.15, -0.1) is 10.2 Å². The minimum Gasteiger partial charge on any atom is -1.00 e. The number of rotatable bonds is 3. The number of hydrogen-bond acceptors (Lipinski definition) is 5. The second-order valence-corrected chi connectivity index (χ2v) is 7.58. The molecule has 0 radical (unpaired) electrons. The number of amidine groups is 1. The normalized spacial score (nSPS) is 22.2. The number of nitrogens with zero attached hydrogens (tertiary/aromatic N) is 3. The van der Waals surface area contributed by atoms with E-state index in [9.17, 15) is 0 Å². The van der Waals surface area contributed by atoms with E-state index in [-0.39, 0.29) is 22.0 Å². The van der Waals surface area contributed by atoms with Crippen molar-refractivity contribution in [3.63, 3.8) is 0 Å². The summed E-state index contributed by atoms with van der Waals surface area (Å²) in [5.74, 6) is 0.952. The van der Waals surface area contributed by atoms with E-state index in [4.69, 9.17) is 5.10 Å². The van der Waals surface area contributed by atoms with Crippen molar-refractivity contribution in [1.29, 1.82) is 0 Å². The topological polar surface area (TPSA) is 47.5 Å². The summed E-state index contributed by atoms with van der Waals surface area (Å²) in [4.78, 5) is 0.890. The van der Waals surface area contributed by atoms with Crippen LogP contribution < -0.4 is 32.8 Å². The van der Waals surface area contributed by atoms with Gasteiger partial charge in [0.1, 0.15) is 5.69 Å². The first-order valence-corrected chi connectivity index (χ1v) is 8.74. The van der Waals surface area contributed by atoms with Gasteiger partial charge in [0.15, 0.2) is 0 Å². The number of benzene rings is 2. The lowest BCUT2D eigenvalue weighted by molar-refractivity contribution is -0.566. The van der Waals surface area contributed by atoms with Crippen LogP contribution in [0.25, 0.3) is 0 Å². The van der Waals surface area contributed by atoms with Crippen molar-refractivity contribution >= 4 is 23.3 Å². The Morgan fingerprint density at radius 1 is 1.04 bits per heavy atom. The standard InChI is InChI=1S/C18H19N5S.BrH/c1-14-13-19-18(2,24-14)23-21-17(15-9-5-3-6-10-15)20-22(23)16-11-7-4-8-12-16;/h3-13,19H,1-2H3,(H,20,21);1H. The Labute approximate surface area is 162 Å². The van der Waals surface area contributed by atoms with Crippen molar-refractivity contribution in [2.24, 2.45) is 5.10 Å². The maximum atomic E-state index is 4.91. The number of thioether (sulfide) groups is 1. The number of allylic oxidation sites excluding steroid dienone is 1. The molecule has 7 heteroatoms. The first-order chi connectivity index (χ1) is 11.7. The van der Waals surface area contributed by atoms with Crippen molar-refractivity contribution in [2.45, 2.75) is 18.8 Å². The van der Waals surface area contributed by atoms with Crippen molar-refractivity contribution in [2.75, 3.05) is 5.12 Å². The Kier molecular flexibility index (Phi) is 5.08. The molecule has 2 aromatic rings. The molecule has 2 aliphatic heterocycles. The van der Waals surface area contributed by atoms with Crippen molar-refractivity contribution in [3.05, 3.63) is 77.3 Å². The Hall–Kier alpha value is -1.96. The molecule has 1 atom stereocenters. The highest BCUT2D eigenvalue weighted by Gasteiger charge is 2.45. The predicted octanol–water partition coefficient (Wildman–Crippen LogP) is -0.561. The van der Waals surface area contributed by atoms with E-state index in [1.807, 2.05) is 47.7 Å². The van der Waals surface area contributed by atoms with Gasteiger partial charge in [-0.3, -0.25) is 0 Å². The van der Waals surface area contributed by atoms with Crippen LogP contribution in [0, 0.1) is 0 Å². The SMILES string of the molecule is CC1=CNC(C)(N2N=C(c3ccccc3)[NH2+]N2c2ccccc2)S1.[Br-]. The van der Waals surface area contributed by atoms with E-state index in [1.54, 1.807) is 11.8 Å². The summed E-state index contributed by atoms with van der Waals surface area (Å²) in [5.41, 5.74) is 4.28. The van der Waals surface area contributed by atoms with Gasteiger partial charge in [0.2, 0.25) is 4.99 Å². The van der Waals surface area contributed by atoms with Crippen molar-refractivity contribution in [1.82, 2.24) is 10.4 Å². The zero-order chi connectivity index (χ0) is 16.6. The van der Waals surface area contributed by atoms with Crippen LogP contribution in [-0.4, -0.2) is 15.9 Å². The molecule has 0 fully saturated rings. The molecule has 0 aromatic heterocycles. The smallest absolute Gasteiger partial charge is 0.276 e. The molecule has 0 aliphatic carbocycles. The first-order valence-electron chi connectivity index (χ1n) is 7.92. The lowest BCUT2D eigenvalue weighted by atomic mass is 10.2. The third-order valence-electron chi connectivity index (χ3n) is 4.03. The molecule has 2 aliphatic rings. The monoisotopic (exact) mass is 417 g/mol. The van der Waals surface area contributed by atoms with Crippen LogP contribution in [0.3, 0.4) is 0 Å². The minimum absolute atomic E-state index is 0. The van der Waals surface area contributed by atoms with Crippen LogP contribution >= 0.6 is 11.8 Å². The molecule has 25 heavy (non-hydrogen) atoms. The van der Waals surface area contributed by atoms with E-state index < -0.39 is 0 Å². The number of para-hydroxylation sites is 1. The van der Waals surface area contributed by atoms with Crippen molar-refractivity contribution < 1.29 is 22.4 Å². The fourth-order valence-electron chi connectivity index (χ4n) is 2.86. The van der Waals surface area contributed by atoms with Gasteiger partial charge in [-0.2, -0.15) is 5.43 Å². The van der Waals surface area contributed by atoms with Gasteiger partial charge in [-0.05, 0) is 38.1 Å². The van der Waals surface area contributed by atoms with Gasteiger partial charge in [0.25, 0.3) is 5.84 Å². The summed E-state index contributed by atoms with van der Waals surface area (Å²) in [6.07, 6.45) is 2.05. The van der Waals surface area contributed by atoms with Crippen LogP contribution in [0.2, 0.25) is 0 Å². The fourth-order valence-corrected chi connectivity index (χ4v) is 3.93. The Morgan fingerprint density at radius 3 is 2.28 bits per heavy atom. The average Bonchev–Trinajstić information content (AvgIpc) is 3.21. The molecule has 0 amide bonds. The highest BCUT2D eigenvalue weighted by molar-refractivity contribution is 8.04. The summed E-state index contributed by atoms with van der Waals surface area (Å²) in [7, 11) is 0. The van der Waals surface area contributed by atoms with Crippen LogP contribution in [0.5, 0.6) is 0 Å². The summed E-state index contributed by atoms with van der Waals surface area (Å²) >= 11 is 1.77. The molecular formula is C18H20BrN5S. The van der Waals surface area contributed by atoms with Crippen molar-refractivity contribution in [3.8, 4) is 0 Å². The van der Waals surface area contributed by atoms with Crippen LogP contribution in [0.1, 0.15) is 19.4 Å². The first kappa shape index (κ1) is 17.8. The van der Waals surface area contributed by atoms with Crippen LogP contribution in [-0.2, 0) is 0 Å². The molecule has 5 nitrogen and oxygen atoms in total. The number of nitrogens with two attached hydrogens (primary N) is 1. The average molecular weight is 418 g/mol. The second kappa shape index (κ2) is 7.11. The molecule has 130 valence electrons. The fraction of sp³-hybridized carbons (Fsp3) is 0.167. The quantitative estimate of drug-likeness (QED) is 0.657. The number of anilines is 1. The van der Waals surface area contributed by atoms with Gasteiger partial charge in [0.05, 0.1) is 5.56 Å². The maximum Gasteiger partial charge on any atom is 0.276 e.